The highest BCUT2D eigenvalue weighted by molar-refractivity contribution is 5.10. The van der Waals surface area contributed by atoms with E-state index < -0.39 is 0 Å². The summed E-state index contributed by atoms with van der Waals surface area (Å²) in [5.74, 6) is 2.46. The smallest absolute Gasteiger partial charge is 0.0610 e. The van der Waals surface area contributed by atoms with Crippen molar-refractivity contribution in [2.75, 3.05) is 6.61 Å². The first-order valence-electron chi connectivity index (χ1n) is 7.92. The highest BCUT2D eigenvalue weighted by Gasteiger charge is 2.40. The van der Waals surface area contributed by atoms with E-state index >= 15 is 0 Å². The molecular formula is C17H29NO. The van der Waals surface area contributed by atoms with E-state index in [9.17, 15) is 0 Å². The average Bonchev–Trinajstić information content (AvgIpc) is 2.83. The van der Waals surface area contributed by atoms with Crippen LogP contribution in [0.2, 0.25) is 0 Å². The Labute approximate surface area is 118 Å². The molecule has 3 rings (SSSR count). The van der Waals surface area contributed by atoms with Crippen molar-refractivity contribution in [2.45, 2.75) is 70.6 Å². The van der Waals surface area contributed by atoms with Gasteiger partial charge in [-0.15, -0.1) is 0 Å². The summed E-state index contributed by atoms with van der Waals surface area (Å²) in [6, 6.07) is 0. The maximum atomic E-state index is 6.32. The molecule has 108 valence electrons. The van der Waals surface area contributed by atoms with Crippen LogP contribution in [0, 0.1) is 17.8 Å². The molecule has 0 aromatic carbocycles. The van der Waals surface area contributed by atoms with Crippen LogP contribution in [0.4, 0.5) is 0 Å². The number of rotatable bonds is 3. The maximum Gasteiger partial charge on any atom is 0.0610 e. The molecule has 2 bridgehead atoms. The second kappa shape index (κ2) is 4.60. The molecule has 1 heterocycles. The summed E-state index contributed by atoms with van der Waals surface area (Å²) in [5, 5.41) is 3.73. The lowest BCUT2D eigenvalue weighted by atomic mass is 9.81. The topological polar surface area (TPSA) is 21.3 Å². The van der Waals surface area contributed by atoms with Gasteiger partial charge in [0.2, 0.25) is 0 Å². The quantitative estimate of drug-likeness (QED) is 0.787. The predicted octanol–water partition coefficient (Wildman–Crippen LogP) is 3.52. The average molecular weight is 263 g/mol. The van der Waals surface area contributed by atoms with Gasteiger partial charge >= 0.3 is 0 Å². The Kier molecular flexibility index (Phi) is 3.30. The van der Waals surface area contributed by atoms with E-state index in [4.69, 9.17) is 4.74 Å². The minimum Gasteiger partial charge on any atom is -0.378 e. The summed E-state index contributed by atoms with van der Waals surface area (Å²) in [7, 11) is 0. The molecule has 0 amide bonds. The highest BCUT2D eigenvalue weighted by atomic mass is 16.5. The lowest BCUT2D eigenvalue weighted by Crippen LogP contribution is -2.59. The Morgan fingerprint density at radius 2 is 1.74 bits per heavy atom. The lowest BCUT2D eigenvalue weighted by Gasteiger charge is -2.46. The first-order valence-corrected chi connectivity index (χ1v) is 7.92. The molecule has 3 unspecified atom stereocenters. The fourth-order valence-corrected chi connectivity index (χ4v) is 4.69. The molecule has 3 aliphatic rings. The Balaban J connectivity index is 1.54. The SMILES string of the molecule is CC1(C)CC(OCC2CC3C=CC2C3)CC(C)(C)N1. The monoisotopic (exact) mass is 263 g/mol. The molecule has 19 heavy (non-hydrogen) atoms. The molecule has 1 saturated carbocycles. The molecular weight excluding hydrogens is 234 g/mol. The van der Waals surface area contributed by atoms with Crippen molar-refractivity contribution in [3.05, 3.63) is 12.2 Å². The van der Waals surface area contributed by atoms with Crippen LogP contribution in [0.1, 0.15) is 53.4 Å². The minimum atomic E-state index is 0.195. The van der Waals surface area contributed by atoms with Crippen molar-refractivity contribution >= 4 is 0 Å². The summed E-state index contributed by atoms with van der Waals surface area (Å²) >= 11 is 0. The molecule has 0 spiro atoms. The molecule has 0 radical (unpaired) electrons. The molecule has 2 aliphatic carbocycles. The number of allylic oxidation sites excluding steroid dienone is 2. The van der Waals surface area contributed by atoms with Crippen molar-refractivity contribution in [3.8, 4) is 0 Å². The standard InChI is InChI=1S/C17H29NO/c1-16(2)9-15(10-17(3,4)18-16)19-11-14-8-12-5-6-13(14)7-12/h5-6,12-15,18H,7-11H2,1-4H3. The molecule has 1 aliphatic heterocycles. The summed E-state index contributed by atoms with van der Waals surface area (Å²) in [4.78, 5) is 0. The van der Waals surface area contributed by atoms with E-state index in [1.54, 1.807) is 0 Å². The van der Waals surface area contributed by atoms with Crippen LogP contribution in [0.25, 0.3) is 0 Å². The maximum absolute atomic E-state index is 6.32. The third-order valence-corrected chi connectivity index (χ3v) is 5.12. The Morgan fingerprint density at radius 3 is 2.26 bits per heavy atom. The summed E-state index contributed by atoms with van der Waals surface area (Å²) in [6.45, 7) is 10.2. The van der Waals surface area contributed by atoms with Gasteiger partial charge in [-0.2, -0.15) is 0 Å². The fraction of sp³-hybridized carbons (Fsp3) is 0.882. The van der Waals surface area contributed by atoms with Gasteiger partial charge in [-0.05, 0) is 71.1 Å². The fourth-order valence-electron chi connectivity index (χ4n) is 4.69. The molecule has 2 fully saturated rings. The summed E-state index contributed by atoms with van der Waals surface area (Å²) in [6.07, 6.45) is 10.3. The van der Waals surface area contributed by atoms with Crippen LogP contribution >= 0.6 is 0 Å². The Morgan fingerprint density at radius 1 is 1.05 bits per heavy atom. The molecule has 3 atom stereocenters. The third kappa shape index (κ3) is 3.05. The van der Waals surface area contributed by atoms with Crippen LogP contribution < -0.4 is 5.32 Å². The molecule has 1 saturated heterocycles. The van der Waals surface area contributed by atoms with E-state index in [1.165, 1.54) is 12.8 Å². The summed E-state index contributed by atoms with van der Waals surface area (Å²) in [5.41, 5.74) is 0.391. The van der Waals surface area contributed by atoms with E-state index in [2.05, 4.69) is 45.2 Å². The molecule has 0 aromatic rings. The van der Waals surface area contributed by atoms with Crippen molar-refractivity contribution in [2.24, 2.45) is 17.8 Å². The van der Waals surface area contributed by atoms with Crippen LogP contribution in [-0.2, 0) is 4.74 Å². The van der Waals surface area contributed by atoms with Gasteiger partial charge in [0.05, 0.1) is 12.7 Å². The van der Waals surface area contributed by atoms with E-state index in [0.717, 1.165) is 37.2 Å². The van der Waals surface area contributed by atoms with E-state index in [1.807, 2.05) is 0 Å². The highest BCUT2D eigenvalue weighted by Crippen LogP contribution is 2.44. The van der Waals surface area contributed by atoms with Gasteiger partial charge < -0.3 is 10.1 Å². The van der Waals surface area contributed by atoms with Crippen molar-refractivity contribution in [1.29, 1.82) is 0 Å². The molecule has 2 heteroatoms. The number of fused-ring (bicyclic) bond motifs is 2. The van der Waals surface area contributed by atoms with Crippen LogP contribution in [-0.4, -0.2) is 23.8 Å². The van der Waals surface area contributed by atoms with Crippen molar-refractivity contribution in [1.82, 2.24) is 5.32 Å². The largest absolute Gasteiger partial charge is 0.378 e. The van der Waals surface area contributed by atoms with Gasteiger partial charge in [-0.1, -0.05) is 12.2 Å². The number of hydrogen-bond donors (Lipinski definition) is 1. The van der Waals surface area contributed by atoms with Gasteiger partial charge in [0.15, 0.2) is 0 Å². The summed E-state index contributed by atoms with van der Waals surface area (Å²) < 4.78 is 6.32. The van der Waals surface area contributed by atoms with Crippen LogP contribution in [0.3, 0.4) is 0 Å². The van der Waals surface area contributed by atoms with Crippen LogP contribution in [0.15, 0.2) is 12.2 Å². The lowest BCUT2D eigenvalue weighted by molar-refractivity contribution is -0.0378. The predicted molar refractivity (Wildman–Crippen MR) is 79.1 cm³/mol. The van der Waals surface area contributed by atoms with Gasteiger partial charge in [0.1, 0.15) is 0 Å². The van der Waals surface area contributed by atoms with Gasteiger partial charge in [-0.25, -0.2) is 0 Å². The zero-order valence-electron chi connectivity index (χ0n) is 12.9. The van der Waals surface area contributed by atoms with Gasteiger partial charge in [-0.3, -0.25) is 0 Å². The second-order valence-corrected chi connectivity index (χ2v) is 8.30. The Hall–Kier alpha value is -0.340. The number of piperidine rings is 1. The number of ether oxygens (including phenoxy) is 1. The zero-order valence-corrected chi connectivity index (χ0v) is 12.9. The minimum absolute atomic E-state index is 0.195. The normalized spacial score (nSPS) is 39.9. The first kappa shape index (κ1) is 13.6. The van der Waals surface area contributed by atoms with E-state index in [0.29, 0.717) is 6.10 Å². The molecule has 1 N–H and O–H groups in total. The van der Waals surface area contributed by atoms with Crippen LogP contribution in [0.5, 0.6) is 0 Å². The van der Waals surface area contributed by atoms with Crippen molar-refractivity contribution in [3.63, 3.8) is 0 Å². The Bertz CT molecular complexity index is 355. The van der Waals surface area contributed by atoms with Gasteiger partial charge in [0, 0.05) is 11.1 Å². The second-order valence-electron chi connectivity index (χ2n) is 8.30. The van der Waals surface area contributed by atoms with Gasteiger partial charge in [0.25, 0.3) is 0 Å². The zero-order chi connectivity index (χ0) is 13.7. The van der Waals surface area contributed by atoms with Crippen molar-refractivity contribution < 1.29 is 4.74 Å². The molecule has 0 aromatic heterocycles. The number of nitrogens with one attached hydrogen (secondary N) is 1. The number of hydrogen-bond acceptors (Lipinski definition) is 2. The third-order valence-electron chi connectivity index (χ3n) is 5.12. The van der Waals surface area contributed by atoms with E-state index in [-0.39, 0.29) is 11.1 Å². The molecule has 2 nitrogen and oxygen atoms in total. The first-order chi connectivity index (χ1) is 8.83.